The number of ether oxygens (including phenoxy) is 1. The first-order chi connectivity index (χ1) is 29.6. The molecule has 6 heterocycles. The van der Waals surface area contributed by atoms with E-state index < -0.39 is 32.4 Å². The highest BCUT2D eigenvalue weighted by Gasteiger charge is 2.40. The maximum atomic E-state index is 13.9. The zero-order valence-corrected chi connectivity index (χ0v) is 38.4. The Bertz CT molecular complexity index is 2700. The molecule has 0 bridgehead atoms. The van der Waals surface area contributed by atoms with Gasteiger partial charge in [0.2, 0.25) is 17.8 Å². The van der Waals surface area contributed by atoms with Crippen molar-refractivity contribution in [3.63, 3.8) is 0 Å². The van der Waals surface area contributed by atoms with E-state index in [1.54, 1.807) is 51.1 Å². The van der Waals surface area contributed by atoms with Crippen LogP contribution in [-0.2, 0) is 26.0 Å². The summed E-state index contributed by atoms with van der Waals surface area (Å²) in [5.74, 6) is 0.122. The van der Waals surface area contributed by atoms with Gasteiger partial charge in [-0.15, -0.1) is 24.8 Å². The molecule has 340 valence electrons. The Kier molecular flexibility index (Phi) is 14.1. The lowest BCUT2D eigenvalue weighted by Gasteiger charge is -2.34. The number of hydrogen-bond acceptors (Lipinski definition) is 15. The second-order valence-electron chi connectivity index (χ2n) is 16.6. The fourth-order valence-electron chi connectivity index (χ4n) is 7.68. The third kappa shape index (κ3) is 9.45. The summed E-state index contributed by atoms with van der Waals surface area (Å²) in [6.07, 6.45) is 5.39. The molecule has 1 atom stereocenters. The first-order valence-electron chi connectivity index (χ1n) is 20.4. The fourth-order valence-corrected chi connectivity index (χ4v) is 8.99. The number of benzene rings is 2. The molecule has 0 radical (unpaired) electrons. The number of hydrogen-bond donors (Lipinski definition) is 4. The summed E-state index contributed by atoms with van der Waals surface area (Å²) in [5, 5.41) is 16.2. The summed E-state index contributed by atoms with van der Waals surface area (Å²) in [4.78, 5) is 74.3. The smallest absolute Gasteiger partial charge is 0.258 e. The van der Waals surface area contributed by atoms with Gasteiger partial charge < -0.3 is 25.2 Å². The van der Waals surface area contributed by atoms with Crippen molar-refractivity contribution in [2.45, 2.75) is 76.1 Å². The number of anilines is 4. The van der Waals surface area contributed by atoms with Crippen LogP contribution in [0.15, 0.2) is 53.9 Å². The summed E-state index contributed by atoms with van der Waals surface area (Å²) < 4.78 is 32.9. The highest BCUT2D eigenvalue weighted by Crippen LogP contribution is 2.38. The molecule has 2 saturated heterocycles. The monoisotopic (exact) mass is 936 g/mol. The summed E-state index contributed by atoms with van der Waals surface area (Å²) in [5.41, 5.74) is 4.03. The van der Waals surface area contributed by atoms with Crippen LogP contribution in [0.3, 0.4) is 0 Å². The van der Waals surface area contributed by atoms with Crippen LogP contribution < -0.4 is 25.6 Å². The molecule has 8 rings (SSSR count). The van der Waals surface area contributed by atoms with E-state index in [2.05, 4.69) is 51.0 Å². The van der Waals surface area contributed by atoms with Gasteiger partial charge in [0, 0.05) is 97.6 Å². The Labute approximate surface area is 382 Å². The molecule has 19 nitrogen and oxygen atoms in total. The van der Waals surface area contributed by atoms with Crippen molar-refractivity contribution in [2.24, 2.45) is 0 Å². The van der Waals surface area contributed by atoms with Crippen LogP contribution in [0.2, 0.25) is 0 Å². The topological polar surface area (TPSA) is 238 Å². The molecule has 4 N–H and O–H groups in total. The molecule has 3 aliphatic heterocycles. The number of halogens is 2. The van der Waals surface area contributed by atoms with Crippen molar-refractivity contribution in [1.82, 2.24) is 45.2 Å². The van der Waals surface area contributed by atoms with Crippen LogP contribution in [0.4, 0.5) is 23.3 Å². The Morgan fingerprint density at radius 3 is 2.38 bits per heavy atom. The van der Waals surface area contributed by atoms with Gasteiger partial charge in [-0.25, -0.2) is 28.4 Å². The number of aromatic nitrogens is 6. The number of imide groups is 1. The molecule has 2 aromatic carbocycles. The number of sulfone groups is 1. The molecule has 0 aliphatic carbocycles. The Morgan fingerprint density at radius 2 is 1.70 bits per heavy atom. The largest absolute Gasteiger partial charge is 0.492 e. The van der Waals surface area contributed by atoms with Gasteiger partial charge in [0.05, 0.1) is 22.4 Å². The molecular formula is C42H50Cl2N12O7S. The van der Waals surface area contributed by atoms with Crippen molar-refractivity contribution in [3.05, 3.63) is 77.0 Å². The van der Waals surface area contributed by atoms with Gasteiger partial charge >= 0.3 is 0 Å². The molecule has 22 heteroatoms. The summed E-state index contributed by atoms with van der Waals surface area (Å²) in [6.45, 7) is 12.7. The van der Waals surface area contributed by atoms with Crippen molar-refractivity contribution < 1.29 is 32.3 Å². The molecule has 4 amide bonds. The molecule has 3 aliphatic rings. The molecule has 0 unspecified atom stereocenters. The van der Waals surface area contributed by atoms with E-state index in [0.29, 0.717) is 64.8 Å². The van der Waals surface area contributed by atoms with Crippen molar-refractivity contribution >= 4 is 92.5 Å². The number of amides is 4. The summed E-state index contributed by atoms with van der Waals surface area (Å²) in [7, 11) is -3.83. The van der Waals surface area contributed by atoms with Crippen molar-refractivity contribution in [2.75, 3.05) is 54.9 Å². The second kappa shape index (κ2) is 19.0. The fraction of sp³-hybridized carbons (Fsp3) is 0.405. The number of rotatable bonds is 12. The number of H-pyrrole nitrogens is 1. The van der Waals surface area contributed by atoms with E-state index in [1.807, 2.05) is 18.7 Å². The zero-order valence-electron chi connectivity index (χ0n) is 35.9. The molecular weight excluding hydrogens is 888 g/mol. The number of piperidine rings is 1. The number of carbonyl (C=O) groups is 4. The average molecular weight is 938 g/mol. The normalized spacial score (nSPS) is 16.8. The van der Waals surface area contributed by atoms with Gasteiger partial charge in [-0.3, -0.25) is 34.5 Å². The lowest BCUT2D eigenvalue weighted by Crippen LogP contribution is -2.52. The Balaban J connectivity index is 0.00000340. The predicted molar refractivity (Wildman–Crippen MR) is 244 cm³/mol. The van der Waals surface area contributed by atoms with Gasteiger partial charge in [-0.1, -0.05) is 6.07 Å². The van der Waals surface area contributed by atoms with Gasteiger partial charge in [-0.05, 0) is 65.7 Å². The Hall–Kier alpha value is -5.96. The average Bonchev–Trinajstić information content (AvgIpc) is 3.75. The SMILES string of the molecule is Cc1[nH]nc(Nc2ncnc3cc(OCCCN4CCN(c5ncc(C(=O)Nc6cccc7c6CN([C@H]6CCC(=O)NC6=O)C7=O)cn5)CC4)c(S(=O)(=O)C(C)(C)C)cc23)c1C.Cl.Cl. The third-order valence-corrected chi connectivity index (χ3v) is 14.1. The highest BCUT2D eigenvalue weighted by atomic mass is 35.5. The first-order valence-corrected chi connectivity index (χ1v) is 21.9. The van der Waals surface area contributed by atoms with Crippen LogP contribution >= 0.6 is 24.8 Å². The number of carbonyl (C=O) groups excluding carboxylic acids is 4. The number of nitrogens with one attached hydrogen (secondary N) is 4. The number of aryl methyl sites for hydroxylation is 1. The van der Waals surface area contributed by atoms with Gasteiger partial charge in [0.25, 0.3) is 11.8 Å². The van der Waals surface area contributed by atoms with Gasteiger partial charge in [0.15, 0.2) is 15.7 Å². The number of piperazine rings is 1. The minimum absolute atomic E-state index is 0. The zero-order chi connectivity index (χ0) is 43.9. The predicted octanol–water partition coefficient (Wildman–Crippen LogP) is 4.52. The molecule has 3 aromatic heterocycles. The second-order valence-corrected chi connectivity index (χ2v) is 19.3. The third-order valence-electron chi connectivity index (χ3n) is 11.5. The minimum Gasteiger partial charge on any atom is -0.492 e. The van der Waals surface area contributed by atoms with Crippen LogP contribution in [0.1, 0.15) is 77.6 Å². The van der Waals surface area contributed by atoms with Crippen molar-refractivity contribution in [3.8, 4) is 5.75 Å². The number of fused-ring (bicyclic) bond motifs is 2. The minimum atomic E-state index is -3.83. The van der Waals surface area contributed by atoms with E-state index in [0.717, 1.165) is 30.9 Å². The van der Waals surface area contributed by atoms with Crippen LogP contribution in [0.5, 0.6) is 5.75 Å². The summed E-state index contributed by atoms with van der Waals surface area (Å²) >= 11 is 0. The van der Waals surface area contributed by atoms with Crippen LogP contribution in [-0.4, -0.2) is 122 Å². The summed E-state index contributed by atoms with van der Waals surface area (Å²) in [6, 6.07) is 7.51. The van der Waals surface area contributed by atoms with Crippen LogP contribution in [0, 0.1) is 13.8 Å². The Morgan fingerprint density at radius 1 is 0.969 bits per heavy atom. The van der Waals surface area contributed by atoms with Gasteiger partial charge in [-0.2, -0.15) is 5.10 Å². The van der Waals surface area contributed by atoms with E-state index in [-0.39, 0.29) is 78.8 Å². The molecule has 64 heavy (non-hydrogen) atoms. The van der Waals surface area contributed by atoms with E-state index >= 15 is 0 Å². The highest BCUT2D eigenvalue weighted by molar-refractivity contribution is 7.92. The lowest BCUT2D eigenvalue weighted by atomic mass is 10.0. The van der Waals surface area contributed by atoms with Crippen molar-refractivity contribution in [1.29, 1.82) is 0 Å². The first kappa shape index (κ1) is 47.5. The van der Waals surface area contributed by atoms with E-state index in [1.165, 1.54) is 23.6 Å². The molecule has 0 saturated carbocycles. The maximum absolute atomic E-state index is 13.9. The standard InChI is InChI=1S/C42H48N12O7S.2ClH/c1-24-25(2)50-51-36(24)49-37-28-18-34(62(59,60)42(3,4)5)33(19-31(28)45-23-46-37)61-17-7-12-52-13-15-53(16-14-52)41-43-20-26(21-44-41)38(56)47-30-9-6-8-27-29(30)22-54(40(27)58)32-10-11-35(55)48-39(32)57;;/h6,8-9,18-21,23,32H,7,10-17,22H2,1-5H3,(H,47,56)(H,48,55,57)(H2,45,46,49,50,51);2*1H/t32-;;/m0../s1. The maximum Gasteiger partial charge on any atom is 0.258 e. The molecule has 2 fully saturated rings. The van der Waals surface area contributed by atoms with Crippen LogP contribution in [0.25, 0.3) is 10.9 Å². The van der Waals surface area contributed by atoms with E-state index in [4.69, 9.17) is 4.74 Å². The molecule has 5 aromatic rings. The van der Waals surface area contributed by atoms with E-state index in [9.17, 15) is 27.6 Å². The van der Waals surface area contributed by atoms with Gasteiger partial charge in [0.1, 0.15) is 28.8 Å². The molecule has 0 spiro atoms. The number of aromatic amines is 1. The quantitative estimate of drug-likeness (QED) is 0.0994. The number of nitrogens with zero attached hydrogens (tertiary/aromatic N) is 8. The lowest BCUT2D eigenvalue weighted by molar-refractivity contribution is -0.136.